The molecule has 0 bridgehead atoms. The minimum atomic E-state index is -2.21. The van der Waals surface area contributed by atoms with E-state index in [0.29, 0.717) is 5.56 Å². The Balaban J connectivity index is 2.62. The Morgan fingerprint density at radius 3 is 2.10 bits per heavy atom. The number of hydrogen-bond acceptors (Lipinski definition) is 6. The molecular formula is C14H12O6. The van der Waals surface area contributed by atoms with Crippen LogP contribution in [0.2, 0.25) is 0 Å². The summed E-state index contributed by atoms with van der Waals surface area (Å²) in [5.74, 6) is -2.82. The summed E-state index contributed by atoms with van der Waals surface area (Å²) in [5.41, 5.74) is -1.61. The van der Waals surface area contributed by atoms with Gasteiger partial charge in [0.1, 0.15) is 0 Å². The third-order valence-corrected chi connectivity index (χ3v) is 2.93. The molecule has 0 radical (unpaired) electrons. The molecule has 0 aromatic heterocycles. The molecule has 0 N–H and O–H groups in total. The van der Waals surface area contributed by atoms with Crippen LogP contribution in [0.3, 0.4) is 0 Å². The smallest absolute Gasteiger partial charge is 0.367 e. The van der Waals surface area contributed by atoms with Gasteiger partial charge in [0.15, 0.2) is 0 Å². The van der Waals surface area contributed by atoms with Gasteiger partial charge in [-0.25, -0.2) is 14.4 Å². The first-order valence-corrected chi connectivity index (χ1v) is 5.73. The van der Waals surface area contributed by atoms with E-state index in [9.17, 15) is 14.4 Å². The fourth-order valence-electron chi connectivity index (χ4n) is 2.03. The van der Waals surface area contributed by atoms with E-state index in [0.717, 1.165) is 20.3 Å². The van der Waals surface area contributed by atoms with Crippen LogP contribution in [-0.4, -0.2) is 37.7 Å². The van der Waals surface area contributed by atoms with E-state index in [4.69, 9.17) is 4.74 Å². The van der Waals surface area contributed by atoms with Gasteiger partial charge in [-0.3, -0.25) is 0 Å². The summed E-state index contributed by atoms with van der Waals surface area (Å²) in [7, 11) is 2.20. The second-order valence-corrected chi connectivity index (χ2v) is 4.01. The summed E-state index contributed by atoms with van der Waals surface area (Å²) >= 11 is 0. The fraction of sp³-hybridized carbons (Fsp3) is 0.214. The van der Waals surface area contributed by atoms with Gasteiger partial charge in [-0.05, 0) is 5.56 Å². The van der Waals surface area contributed by atoms with E-state index >= 15 is 0 Å². The molecule has 1 aliphatic heterocycles. The molecular weight excluding hydrogens is 264 g/mol. The van der Waals surface area contributed by atoms with Crippen LogP contribution in [0.25, 0.3) is 5.57 Å². The molecule has 0 spiro atoms. The summed E-state index contributed by atoms with van der Waals surface area (Å²) in [5, 5.41) is 0. The summed E-state index contributed by atoms with van der Waals surface area (Å²) in [4.78, 5) is 35.6. The Labute approximate surface area is 114 Å². The van der Waals surface area contributed by atoms with E-state index in [1.165, 1.54) is 0 Å². The molecule has 1 aliphatic rings. The van der Waals surface area contributed by atoms with E-state index in [1.807, 2.05) is 0 Å². The average molecular weight is 276 g/mol. The lowest BCUT2D eigenvalue weighted by atomic mass is 9.89. The normalized spacial score (nSPS) is 16.1. The highest BCUT2D eigenvalue weighted by Crippen LogP contribution is 2.38. The molecule has 0 atom stereocenters. The number of rotatable bonds is 3. The first kappa shape index (κ1) is 13.8. The molecule has 6 heteroatoms. The standard InChI is InChI=1S/C14H12O6/c1-18-12(16)14(13(17)19-2)10(8-11(15)20-14)9-6-4-3-5-7-9/h3-8H,1-2H3. The van der Waals surface area contributed by atoms with Crippen LogP contribution >= 0.6 is 0 Å². The van der Waals surface area contributed by atoms with Crippen molar-refractivity contribution in [1.29, 1.82) is 0 Å². The second kappa shape index (κ2) is 5.16. The van der Waals surface area contributed by atoms with E-state index in [1.54, 1.807) is 30.3 Å². The molecule has 20 heavy (non-hydrogen) atoms. The molecule has 0 aliphatic carbocycles. The van der Waals surface area contributed by atoms with Crippen LogP contribution in [-0.2, 0) is 28.6 Å². The maximum atomic E-state index is 12.0. The molecule has 104 valence electrons. The van der Waals surface area contributed by atoms with E-state index in [-0.39, 0.29) is 5.57 Å². The van der Waals surface area contributed by atoms with Gasteiger partial charge in [0, 0.05) is 11.6 Å². The molecule has 6 nitrogen and oxygen atoms in total. The number of ether oxygens (including phenoxy) is 3. The van der Waals surface area contributed by atoms with E-state index in [2.05, 4.69) is 9.47 Å². The van der Waals surface area contributed by atoms with E-state index < -0.39 is 23.5 Å². The van der Waals surface area contributed by atoms with Crippen molar-refractivity contribution in [2.24, 2.45) is 0 Å². The first-order valence-electron chi connectivity index (χ1n) is 5.73. The second-order valence-electron chi connectivity index (χ2n) is 4.01. The molecule has 0 saturated carbocycles. The lowest BCUT2D eigenvalue weighted by Gasteiger charge is -2.25. The van der Waals surface area contributed by atoms with Crippen molar-refractivity contribution in [3.8, 4) is 0 Å². The van der Waals surface area contributed by atoms with Crippen molar-refractivity contribution in [2.45, 2.75) is 5.60 Å². The molecule has 1 aromatic rings. The maximum Gasteiger partial charge on any atom is 0.367 e. The third kappa shape index (κ3) is 1.95. The van der Waals surface area contributed by atoms with Gasteiger partial charge in [-0.2, -0.15) is 0 Å². The molecule has 1 heterocycles. The van der Waals surface area contributed by atoms with Gasteiger partial charge in [0.2, 0.25) is 0 Å². The topological polar surface area (TPSA) is 78.9 Å². The summed E-state index contributed by atoms with van der Waals surface area (Å²) in [6.07, 6.45) is 1.09. The Kier molecular flexibility index (Phi) is 3.56. The van der Waals surface area contributed by atoms with Crippen LogP contribution in [0.5, 0.6) is 0 Å². The number of cyclic esters (lactones) is 1. The highest BCUT2D eigenvalue weighted by molar-refractivity contribution is 6.22. The molecule has 0 unspecified atom stereocenters. The molecule has 2 rings (SSSR count). The summed E-state index contributed by atoms with van der Waals surface area (Å²) in [6, 6.07) is 8.47. The van der Waals surface area contributed by atoms with Crippen LogP contribution in [0, 0.1) is 0 Å². The Morgan fingerprint density at radius 2 is 1.60 bits per heavy atom. The minimum Gasteiger partial charge on any atom is -0.465 e. The van der Waals surface area contributed by atoms with Gasteiger partial charge in [-0.15, -0.1) is 0 Å². The van der Waals surface area contributed by atoms with Gasteiger partial charge in [0.05, 0.1) is 14.2 Å². The van der Waals surface area contributed by atoms with Crippen molar-refractivity contribution >= 4 is 23.5 Å². The zero-order valence-electron chi connectivity index (χ0n) is 10.9. The number of hydrogen-bond donors (Lipinski definition) is 0. The van der Waals surface area contributed by atoms with Crippen LogP contribution in [0.4, 0.5) is 0 Å². The minimum absolute atomic E-state index is 0.0989. The predicted octanol–water partition coefficient (Wildman–Crippen LogP) is 0.712. The van der Waals surface area contributed by atoms with Crippen LogP contribution in [0.15, 0.2) is 36.4 Å². The Hall–Kier alpha value is -2.63. The molecule has 1 aromatic carbocycles. The van der Waals surface area contributed by atoms with Crippen LogP contribution in [0.1, 0.15) is 5.56 Å². The number of carbonyl (C=O) groups is 3. The molecule has 0 fully saturated rings. The number of benzene rings is 1. The SMILES string of the molecule is COC(=O)C1(C(=O)OC)OC(=O)C=C1c1ccccc1. The average Bonchev–Trinajstić information content (AvgIpc) is 2.85. The van der Waals surface area contributed by atoms with Crippen molar-refractivity contribution in [2.75, 3.05) is 14.2 Å². The lowest BCUT2D eigenvalue weighted by molar-refractivity contribution is -0.182. The van der Waals surface area contributed by atoms with Crippen LogP contribution < -0.4 is 0 Å². The summed E-state index contributed by atoms with van der Waals surface area (Å²) < 4.78 is 14.1. The van der Waals surface area contributed by atoms with Crippen molar-refractivity contribution < 1.29 is 28.6 Å². The van der Waals surface area contributed by atoms with Gasteiger partial charge < -0.3 is 14.2 Å². The highest BCUT2D eigenvalue weighted by atomic mass is 16.6. The molecule has 0 saturated heterocycles. The molecule has 0 amide bonds. The summed E-state index contributed by atoms with van der Waals surface area (Å²) in [6.45, 7) is 0. The first-order chi connectivity index (χ1) is 9.56. The highest BCUT2D eigenvalue weighted by Gasteiger charge is 2.59. The monoisotopic (exact) mass is 276 g/mol. The largest absolute Gasteiger partial charge is 0.465 e. The number of methoxy groups -OCH3 is 2. The van der Waals surface area contributed by atoms with Gasteiger partial charge in [-0.1, -0.05) is 30.3 Å². The lowest BCUT2D eigenvalue weighted by Crippen LogP contribution is -2.49. The number of carbonyl (C=O) groups excluding carboxylic acids is 3. The Bertz CT molecular complexity index is 571. The van der Waals surface area contributed by atoms with Gasteiger partial charge in [0.25, 0.3) is 0 Å². The zero-order valence-corrected chi connectivity index (χ0v) is 10.9. The zero-order chi connectivity index (χ0) is 14.8. The quantitative estimate of drug-likeness (QED) is 0.459. The van der Waals surface area contributed by atoms with Crippen molar-refractivity contribution in [3.63, 3.8) is 0 Å². The predicted molar refractivity (Wildman–Crippen MR) is 67.3 cm³/mol. The fourth-order valence-corrected chi connectivity index (χ4v) is 2.03. The maximum absolute atomic E-state index is 12.0. The van der Waals surface area contributed by atoms with Crippen molar-refractivity contribution in [1.82, 2.24) is 0 Å². The number of esters is 3. The van der Waals surface area contributed by atoms with Crippen molar-refractivity contribution in [3.05, 3.63) is 42.0 Å². The third-order valence-electron chi connectivity index (χ3n) is 2.93. The van der Waals surface area contributed by atoms with Gasteiger partial charge >= 0.3 is 23.5 Å². The Morgan fingerprint density at radius 1 is 1.05 bits per heavy atom.